The van der Waals surface area contributed by atoms with E-state index < -0.39 is 0 Å². The highest BCUT2D eigenvalue weighted by Gasteiger charge is 2.32. The predicted molar refractivity (Wildman–Crippen MR) is 118 cm³/mol. The summed E-state index contributed by atoms with van der Waals surface area (Å²) in [6.45, 7) is 10.5. The number of rotatable bonds is 7. The van der Waals surface area contributed by atoms with Crippen molar-refractivity contribution in [3.05, 3.63) is 47.0 Å². The Morgan fingerprint density at radius 3 is 2.48 bits per heavy atom. The summed E-state index contributed by atoms with van der Waals surface area (Å²) in [5.41, 5.74) is 12.5. The summed E-state index contributed by atoms with van der Waals surface area (Å²) in [6.07, 6.45) is 16.8. The van der Waals surface area contributed by atoms with Crippen molar-refractivity contribution in [3.8, 4) is 0 Å². The first kappa shape index (κ1) is 20.6. The predicted octanol–water partition coefficient (Wildman–Crippen LogP) is 6.71. The van der Waals surface area contributed by atoms with E-state index in [2.05, 4.69) is 45.6 Å². The smallest absolute Gasteiger partial charge is 0.0355 e. The van der Waals surface area contributed by atoms with Crippen LogP contribution in [-0.4, -0.2) is 0 Å². The summed E-state index contributed by atoms with van der Waals surface area (Å²) < 4.78 is 0. The van der Waals surface area contributed by atoms with Gasteiger partial charge < -0.3 is 5.73 Å². The van der Waals surface area contributed by atoms with Crippen molar-refractivity contribution in [2.45, 2.75) is 96.9 Å². The van der Waals surface area contributed by atoms with E-state index in [4.69, 9.17) is 5.73 Å². The number of benzene rings is 1. The lowest BCUT2D eigenvalue weighted by Gasteiger charge is -2.38. The van der Waals surface area contributed by atoms with Crippen molar-refractivity contribution in [2.75, 3.05) is 0 Å². The van der Waals surface area contributed by atoms with Gasteiger partial charge in [0.15, 0.2) is 0 Å². The molecule has 0 bridgehead atoms. The zero-order valence-corrected chi connectivity index (χ0v) is 18.0. The molecule has 1 fully saturated rings. The van der Waals surface area contributed by atoms with Crippen LogP contribution in [0.5, 0.6) is 0 Å². The van der Waals surface area contributed by atoms with Crippen molar-refractivity contribution in [3.63, 3.8) is 0 Å². The maximum Gasteiger partial charge on any atom is 0.0355 e. The first-order valence-electron chi connectivity index (χ1n) is 11.5. The minimum Gasteiger partial charge on any atom is -0.322 e. The van der Waals surface area contributed by atoms with Gasteiger partial charge in [0.05, 0.1) is 0 Å². The minimum absolute atomic E-state index is 0.236. The molecule has 2 N–H and O–H groups in total. The average Bonchev–Trinajstić information content (AvgIpc) is 2.66. The van der Waals surface area contributed by atoms with Crippen LogP contribution in [0, 0.1) is 17.8 Å². The van der Waals surface area contributed by atoms with Gasteiger partial charge in [-0.2, -0.15) is 0 Å². The van der Waals surface area contributed by atoms with Crippen molar-refractivity contribution in [1.29, 1.82) is 0 Å². The van der Waals surface area contributed by atoms with Gasteiger partial charge in [-0.1, -0.05) is 44.4 Å². The molecule has 0 aromatic heterocycles. The molecule has 1 unspecified atom stereocenters. The normalized spacial score (nSPS) is 25.9. The van der Waals surface area contributed by atoms with Crippen LogP contribution in [0.15, 0.2) is 24.8 Å². The third-order valence-corrected chi connectivity index (χ3v) is 7.31. The Bertz CT molecular complexity index is 628. The fraction of sp³-hybridized carbons (Fsp3) is 0.692. The Labute approximate surface area is 167 Å². The summed E-state index contributed by atoms with van der Waals surface area (Å²) in [5.74, 6) is 2.82. The highest BCUT2D eigenvalue weighted by atomic mass is 14.7. The molecule has 1 saturated carbocycles. The first-order chi connectivity index (χ1) is 12.9. The monoisotopic (exact) mass is 367 g/mol. The molecular formula is C26H41N. The van der Waals surface area contributed by atoms with Gasteiger partial charge in [0.2, 0.25) is 0 Å². The largest absolute Gasteiger partial charge is 0.322 e. The van der Waals surface area contributed by atoms with Crippen LogP contribution in [-0.2, 0) is 24.8 Å². The Morgan fingerprint density at radius 1 is 1.11 bits per heavy atom. The lowest BCUT2D eigenvalue weighted by molar-refractivity contribution is 0.185. The maximum absolute atomic E-state index is 6.51. The third-order valence-electron chi connectivity index (χ3n) is 7.31. The van der Waals surface area contributed by atoms with Crippen molar-refractivity contribution < 1.29 is 0 Å². The van der Waals surface area contributed by atoms with Crippen LogP contribution in [0.1, 0.15) is 94.4 Å². The molecule has 150 valence electrons. The molecule has 1 aromatic rings. The number of fused-ring (bicyclic) bond motifs is 1. The second-order valence-corrected chi connectivity index (χ2v) is 9.85. The molecule has 0 aliphatic heterocycles. The Balaban J connectivity index is 1.70. The quantitative estimate of drug-likeness (QED) is 0.532. The topological polar surface area (TPSA) is 26.0 Å². The maximum atomic E-state index is 6.51. The van der Waals surface area contributed by atoms with E-state index in [0.717, 1.165) is 17.8 Å². The second-order valence-electron chi connectivity index (χ2n) is 9.85. The molecule has 0 radical (unpaired) electrons. The van der Waals surface area contributed by atoms with E-state index in [9.17, 15) is 0 Å². The highest BCUT2D eigenvalue weighted by molar-refractivity contribution is 5.45. The van der Waals surface area contributed by atoms with Crippen molar-refractivity contribution in [2.24, 2.45) is 23.5 Å². The van der Waals surface area contributed by atoms with Gasteiger partial charge in [-0.25, -0.2) is 0 Å². The van der Waals surface area contributed by atoms with Gasteiger partial charge in [0.25, 0.3) is 0 Å². The van der Waals surface area contributed by atoms with Crippen LogP contribution in [0.2, 0.25) is 0 Å². The Morgan fingerprint density at radius 2 is 1.85 bits per heavy atom. The first-order valence-corrected chi connectivity index (χ1v) is 11.5. The lowest BCUT2D eigenvalue weighted by Crippen LogP contribution is -2.32. The molecule has 2 aliphatic carbocycles. The minimum atomic E-state index is -0.236. The summed E-state index contributed by atoms with van der Waals surface area (Å²) >= 11 is 0. The molecule has 3 rings (SSSR count). The third kappa shape index (κ3) is 4.86. The van der Waals surface area contributed by atoms with E-state index in [1.807, 2.05) is 0 Å². The molecule has 1 atom stereocenters. The summed E-state index contributed by atoms with van der Waals surface area (Å²) in [5, 5.41) is 0. The summed E-state index contributed by atoms with van der Waals surface area (Å²) in [7, 11) is 0. The van der Waals surface area contributed by atoms with Crippen molar-refractivity contribution >= 4 is 0 Å². The fourth-order valence-electron chi connectivity index (χ4n) is 5.80. The zero-order valence-electron chi connectivity index (χ0n) is 18.0. The summed E-state index contributed by atoms with van der Waals surface area (Å²) in [4.78, 5) is 0. The number of allylic oxidation sites excluding steroid dienone is 1. The lowest BCUT2D eigenvalue weighted by atomic mass is 9.68. The summed E-state index contributed by atoms with van der Waals surface area (Å²) in [6, 6.07) is 4.76. The average molecular weight is 368 g/mol. The van der Waals surface area contributed by atoms with Crippen LogP contribution >= 0.6 is 0 Å². The molecule has 0 heterocycles. The van der Waals surface area contributed by atoms with Crippen LogP contribution in [0.3, 0.4) is 0 Å². The molecule has 2 aliphatic rings. The number of nitrogens with two attached hydrogens (primary N) is 1. The second kappa shape index (κ2) is 8.95. The Hall–Kier alpha value is -1.08. The fourth-order valence-corrected chi connectivity index (χ4v) is 5.80. The van der Waals surface area contributed by atoms with Gasteiger partial charge in [0, 0.05) is 5.54 Å². The molecular weight excluding hydrogens is 326 g/mol. The van der Waals surface area contributed by atoms with Gasteiger partial charge in [-0.15, -0.1) is 6.58 Å². The van der Waals surface area contributed by atoms with E-state index >= 15 is 0 Å². The molecule has 0 saturated heterocycles. The van der Waals surface area contributed by atoms with Crippen LogP contribution < -0.4 is 5.73 Å². The van der Waals surface area contributed by atoms with Gasteiger partial charge in [0.1, 0.15) is 0 Å². The molecule has 0 amide bonds. The molecule has 1 nitrogen and oxygen atoms in total. The zero-order chi connectivity index (χ0) is 19.4. The molecule has 27 heavy (non-hydrogen) atoms. The van der Waals surface area contributed by atoms with Gasteiger partial charge in [-0.3, -0.25) is 0 Å². The van der Waals surface area contributed by atoms with E-state index in [0.29, 0.717) is 0 Å². The number of hydrogen-bond acceptors (Lipinski definition) is 1. The highest BCUT2D eigenvalue weighted by Crippen LogP contribution is 2.42. The van der Waals surface area contributed by atoms with Gasteiger partial charge >= 0.3 is 0 Å². The van der Waals surface area contributed by atoms with E-state index in [-0.39, 0.29) is 5.54 Å². The van der Waals surface area contributed by atoms with E-state index in [1.165, 1.54) is 76.2 Å². The standard InChI is InChI=1S/C26H41N/c1-5-7-9-19-10-12-20(13-11-19)21-14-16-23-22(18-21)15-17-25(26(3,4)27)24(23)8-6-2/h5,15,17,19-21H,1,6-14,16,18,27H2,2-4H3. The SMILES string of the molecule is C=CCCC1CCC(C2CCc3c(ccc(C(C)(C)N)c3CCC)C2)CC1. The van der Waals surface area contributed by atoms with Crippen LogP contribution in [0.4, 0.5) is 0 Å². The van der Waals surface area contributed by atoms with Gasteiger partial charge in [-0.05, 0) is 105 Å². The number of hydrogen-bond donors (Lipinski definition) is 1. The molecule has 1 aromatic carbocycles. The van der Waals surface area contributed by atoms with E-state index in [1.54, 1.807) is 16.7 Å². The Kier molecular flexibility index (Phi) is 6.84. The van der Waals surface area contributed by atoms with Crippen LogP contribution in [0.25, 0.3) is 0 Å². The molecule has 0 spiro atoms. The molecule has 1 heteroatoms. The van der Waals surface area contributed by atoms with Crippen molar-refractivity contribution in [1.82, 2.24) is 0 Å².